The molecule has 6 rings (SSSR count). The minimum Gasteiger partial charge on any atom is -0.478 e. The SMILES string of the molecule is Cc1nccc(OCCCc2ccc3c(c2)C(=O)NCC(=O)N3c2ccc(COC(=O)C3NC3(C=O)CC=O)cc2-c2ccccc2)n1.O=C(O)C(F)(F)F. The monoisotopic (exact) mass is 761 g/mol. The Morgan fingerprint density at radius 3 is 2.33 bits per heavy atom. The number of esters is 1. The molecule has 17 heteroatoms. The molecule has 0 aliphatic carbocycles. The number of amides is 2. The standard InChI is InChI=1S/C36H33N5O7.C2HF3O2/c1-23-37-15-13-31(39-23)47-17-5-6-24-9-11-30-28(18-24)34(45)38-20-32(44)41(30)29-12-10-25(19-27(29)26-7-3-2-4-8-26)21-48-35(46)33-36(22-43,40-33)14-16-42;3-2(4,5)1(6)7/h2-4,7-13,15-16,18-19,22,33,40H,5-6,14,17,20-21H2,1H3,(H,38,45);(H,6,7). The van der Waals surface area contributed by atoms with E-state index in [0.29, 0.717) is 71.8 Å². The molecule has 0 spiro atoms. The minimum atomic E-state index is -5.08. The van der Waals surface area contributed by atoms with Crippen molar-refractivity contribution < 1.29 is 56.5 Å². The molecule has 1 saturated heterocycles. The van der Waals surface area contributed by atoms with E-state index < -0.39 is 29.7 Å². The van der Waals surface area contributed by atoms with Crippen molar-refractivity contribution in [1.29, 1.82) is 0 Å². The molecular weight excluding hydrogens is 727 g/mol. The fourth-order valence-electron chi connectivity index (χ4n) is 5.73. The van der Waals surface area contributed by atoms with Gasteiger partial charge in [-0.3, -0.25) is 24.6 Å². The van der Waals surface area contributed by atoms with Gasteiger partial charge in [-0.15, -0.1) is 0 Å². The van der Waals surface area contributed by atoms with Gasteiger partial charge in [-0.1, -0.05) is 42.5 Å². The summed E-state index contributed by atoms with van der Waals surface area (Å²) in [6.45, 7) is 1.93. The summed E-state index contributed by atoms with van der Waals surface area (Å²) in [5, 5.41) is 12.6. The third-order valence-corrected chi connectivity index (χ3v) is 8.53. The first-order valence-electron chi connectivity index (χ1n) is 16.8. The average molecular weight is 762 g/mol. The van der Waals surface area contributed by atoms with E-state index in [0.717, 1.165) is 11.1 Å². The molecular formula is C38H34F3N5O9. The molecule has 2 aliphatic rings. The summed E-state index contributed by atoms with van der Waals surface area (Å²) in [7, 11) is 0. The lowest BCUT2D eigenvalue weighted by molar-refractivity contribution is -0.192. The summed E-state index contributed by atoms with van der Waals surface area (Å²) in [5.41, 5.74) is 3.21. The van der Waals surface area contributed by atoms with Crippen molar-refractivity contribution in [1.82, 2.24) is 20.6 Å². The van der Waals surface area contributed by atoms with Crippen LogP contribution in [0.15, 0.2) is 79.0 Å². The maximum atomic E-state index is 13.6. The maximum absolute atomic E-state index is 13.6. The second-order valence-corrected chi connectivity index (χ2v) is 12.4. The number of fused-ring (bicyclic) bond motifs is 1. The molecule has 3 N–H and O–H groups in total. The van der Waals surface area contributed by atoms with Crippen LogP contribution in [0.3, 0.4) is 0 Å². The number of nitrogens with zero attached hydrogens (tertiary/aromatic N) is 3. The van der Waals surface area contributed by atoms with Gasteiger partial charge in [0, 0.05) is 24.2 Å². The molecule has 286 valence electrons. The quantitative estimate of drug-likeness (QED) is 0.0765. The summed E-state index contributed by atoms with van der Waals surface area (Å²) in [6, 6.07) is 21.1. The first kappa shape index (κ1) is 39.7. The van der Waals surface area contributed by atoms with E-state index in [1.54, 1.807) is 48.4 Å². The number of carboxylic acids is 1. The molecule has 0 bridgehead atoms. The molecule has 2 unspecified atom stereocenters. The third-order valence-electron chi connectivity index (χ3n) is 8.53. The van der Waals surface area contributed by atoms with Gasteiger partial charge in [0.15, 0.2) is 0 Å². The van der Waals surface area contributed by atoms with Crippen LogP contribution in [-0.4, -0.2) is 82.3 Å². The Morgan fingerprint density at radius 1 is 1.00 bits per heavy atom. The zero-order valence-electron chi connectivity index (χ0n) is 29.2. The molecule has 0 saturated carbocycles. The second kappa shape index (κ2) is 17.1. The summed E-state index contributed by atoms with van der Waals surface area (Å²) in [5.74, 6) is -2.93. The molecule has 2 atom stereocenters. The molecule has 0 radical (unpaired) electrons. The third kappa shape index (κ3) is 9.74. The van der Waals surface area contributed by atoms with Crippen molar-refractivity contribution in [3.8, 4) is 17.0 Å². The highest BCUT2D eigenvalue weighted by atomic mass is 19.4. The van der Waals surface area contributed by atoms with Gasteiger partial charge in [0.2, 0.25) is 5.88 Å². The fourth-order valence-corrected chi connectivity index (χ4v) is 5.73. The summed E-state index contributed by atoms with van der Waals surface area (Å²) in [6.07, 6.45) is -1.09. The van der Waals surface area contributed by atoms with Gasteiger partial charge in [0.05, 0.1) is 30.1 Å². The number of aromatic nitrogens is 2. The predicted octanol–water partition coefficient (Wildman–Crippen LogP) is 4.05. The summed E-state index contributed by atoms with van der Waals surface area (Å²) < 4.78 is 43.0. The number of aldehydes is 2. The zero-order chi connectivity index (χ0) is 39.8. The van der Waals surface area contributed by atoms with E-state index in [1.165, 1.54) is 0 Å². The summed E-state index contributed by atoms with van der Waals surface area (Å²) >= 11 is 0. The Kier molecular flexibility index (Phi) is 12.4. The topological polar surface area (TPSA) is 204 Å². The Labute approximate surface area is 311 Å². The van der Waals surface area contributed by atoms with E-state index in [4.69, 9.17) is 19.4 Å². The smallest absolute Gasteiger partial charge is 0.478 e. The number of ether oxygens (including phenoxy) is 2. The number of aliphatic carboxylic acids is 1. The van der Waals surface area contributed by atoms with E-state index >= 15 is 0 Å². The highest BCUT2D eigenvalue weighted by Crippen LogP contribution is 2.39. The highest BCUT2D eigenvalue weighted by Gasteiger charge is 2.59. The lowest BCUT2D eigenvalue weighted by Gasteiger charge is -2.26. The number of rotatable bonds is 13. The second-order valence-electron chi connectivity index (χ2n) is 12.4. The van der Waals surface area contributed by atoms with Gasteiger partial charge in [0.1, 0.15) is 36.6 Å². The first-order chi connectivity index (χ1) is 26.3. The van der Waals surface area contributed by atoms with Crippen LogP contribution in [0.4, 0.5) is 24.5 Å². The Bertz CT molecular complexity index is 2100. The van der Waals surface area contributed by atoms with Crippen molar-refractivity contribution >= 4 is 47.7 Å². The Morgan fingerprint density at radius 2 is 1.67 bits per heavy atom. The van der Waals surface area contributed by atoms with Gasteiger partial charge >= 0.3 is 18.1 Å². The van der Waals surface area contributed by atoms with E-state index in [1.807, 2.05) is 42.5 Å². The number of benzene rings is 3. The van der Waals surface area contributed by atoms with Crippen molar-refractivity contribution in [2.75, 3.05) is 18.1 Å². The predicted molar refractivity (Wildman–Crippen MR) is 188 cm³/mol. The van der Waals surface area contributed by atoms with Gasteiger partial charge < -0.3 is 29.5 Å². The lowest BCUT2D eigenvalue weighted by atomic mass is 9.98. The number of alkyl halides is 3. The van der Waals surface area contributed by atoms with Crippen molar-refractivity contribution in [2.45, 2.75) is 50.6 Å². The van der Waals surface area contributed by atoms with Crippen LogP contribution in [0.5, 0.6) is 5.88 Å². The Balaban J connectivity index is 0.000000757. The number of nitrogens with one attached hydrogen (secondary N) is 2. The maximum Gasteiger partial charge on any atom is 0.490 e. The number of anilines is 2. The van der Waals surface area contributed by atoms with E-state index in [9.17, 15) is 37.1 Å². The fraction of sp³-hybridized carbons (Fsp3) is 0.263. The van der Waals surface area contributed by atoms with Crippen molar-refractivity contribution in [3.63, 3.8) is 0 Å². The van der Waals surface area contributed by atoms with E-state index in [2.05, 4.69) is 20.6 Å². The summed E-state index contributed by atoms with van der Waals surface area (Å²) in [4.78, 5) is 80.7. The number of carbonyl (C=O) groups excluding carboxylic acids is 5. The van der Waals surface area contributed by atoms with Gasteiger partial charge in [-0.2, -0.15) is 18.2 Å². The molecule has 55 heavy (non-hydrogen) atoms. The number of aryl methyl sites for hydroxylation is 2. The van der Waals surface area contributed by atoms with Crippen LogP contribution in [0.1, 0.15) is 40.2 Å². The van der Waals surface area contributed by atoms with Crippen LogP contribution in [0.2, 0.25) is 0 Å². The average Bonchev–Trinajstić information content (AvgIpc) is 3.91. The van der Waals surface area contributed by atoms with Crippen LogP contribution in [-0.2, 0) is 41.7 Å². The van der Waals surface area contributed by atoms with Crippen molar-refractivity contribution in [2.24, 2.45) is 0 Å². The normalized spacial score (nSPS) is 17.4. The van der Waals surface area contributed by atoms with Gasteiger partial charge in [0.25, 0.3) is 11.8 Å². The highest BCUT2D eigenvalue weighted by molar-refractivity contribution is 6.14. The first-order valence-corrected chi connectivity index (χ1v) is 16.8. The molecule has 14 nitrogen and oxygen atoms in total. The molecule has 1 aromatic heterocycles. The molecule has 1 fully saturated rings. The van der Waals surface area contributed by atoms with Crippen molar-refractivity contribution in [3.05, 3.63) is 102 Å². The molecule has 2 aliphatic heterocycles. The number of hydrogen-bond acceptors (Lipinski definition) is 11. The number of carboxylic acid groups (broad SMARTS) is 1. The van der Waals surface area contributed by atoms with Crippen LogP contribution < -0.4 is 20.3 Å². The van der Waals surface area contributed by atoms with Crippen LogP contribution in [0, 0.1) is 6.92 Å². The molecule has 4 aromatic rings. The molecule has 3 aromatic carbocycles. The van der Waals surface area contributed by atoms with Gasteiger partial charge in [-0.05, 0) is 60.7 Å². The molecule has 3 heterocycles. The number of hydrogen-bond donors (Lipinski definition) is 3. The zero-order valence-corrected chi connectivity index (χ0v) is 29.2. The largest absolute Gasteiger partial charge is 0.490 e. The van der Waals surface area contributed by atoms with Gasteiger partial charge in [-0.25, -0.2) is 9.78 Å². The Hall–Kier alpha value is -6.49. The minimum absolute atomic E-state index is 0.0956. The van der Waals surface area contributed by atoms with E-state index in [-0.39, 0.29) is 31.4 Å². The number of carbonyl (C=O) groups is 6. The number of halogens is 3. The lowest BCUT2D eigenvalue weighted by Crippen LogP contribution is -2.33. The van der Waals surface area contributed by atoms with Crippen LogP contribution in [0.25, 0.3) is 11.1 Å². The van der Waals surface area contributed by atoms with Crippen LogP contribution >= 0.6 is 0 Å². The molecule has 2 amide bonds.